The van der Waals surface area contributed by atoms with Gasteiger partial charge >= 0.3 is 12.0 Å². The summed E-state index contributed by atoms with van der Waals surface area (Å²) in [4.78, 5) is 33.1. The Bertz CT molecular complexity index is 561. The van der Waals surface area contributed by atoms with E-state index in [0.717, 1.165) is 5.56 Å². The first-order valence-electron chi connectivity index (χ1n) is 5.98. The largest absolute Gasteiger partial charge is 0.479 e. The van der Waals surface area contributed by atoms with Crippen molar-refractivity contribution in [3.8, 4) is 5.75 Å². The lowest BCUT2D eigenvalue weighted by molar-refractivity contribution is -0.154. The Kier molecular flexibility index (Phi) is 5.98. The SMILES string of the molecule is Cc1cc(Cl)ccc1OC(C)C(=O)OCC(=O)NC(N)=O. The summed E-state index contributed by atoms with van der Waals surface area (Å²) in [5, 5.41) is 2.32. The van der Waals surface area contributed by atoms with E-state index in [1.165, 1.54) is 6.92 Å². The van der Waals surface area contributed by atoms with Gasteiger partial charge in [-0.05, 0) is 37.6 Å². The van der Waals surface area contributed by atoms with E-state index in [-0.39, 0.29) is 0 Å². The molecular weight excluding hydrogens is 300 g/mol. The number of esters is 1. The normalized spacial score (nSPS) is 11.4. The molecule has 0 radical (unpaired) electrons. The van der Waals surface area contributed by atoms with Crippen molar-refractivity contribution in [3.63, 3.8) is 0 Å². The lowest BCUT2D eigenvalue weighted by Crippen LogP contribution is -2.39. The van der Waals surface area contributed by atoms with Gasteiger partial charge in [0.25, 0.3) is 5.91 Å². The number of carbonyl (C=O) groups excluding carboxylic acids is 3. The predicted octanol–water partition coefficient (Wildman–Crippen LogP) is 1.15. The Labute approximate surface area is 126 Å². The summed E-state index contributed by atoms with van der Waals surface area (Å²) in [5.41, 5.74) is 5.50. The Morgan fingerprint density at radius 1 is 1.38 bits per heavy atom. The van der Waals surface area contributed by atoms with E-state index < -0.39 is 30.6 Å². The maximum absolute atomic E-state index is 11.6. The number of carbonyl (C=O) groups is 3. The Morgan fingerprint density at radius 3 is 2.62 bits per heavy atom. The average molecular weight is 315 g/mol. The number of hydrogen-bond acceptors (Lipinski definition) is 5. The molecule has 1 aromatic rings. The highest BCUT2D eigenvalue weighted by molar-refractivity contribution is 6.30. The van der Waals surface area contributed by atoms with Gasteiger partial charge in [0.1, 0.15) is 5.75 Å². The maximum Gasteiger partial charge on any atom is 0.347 e. The van der Waals surface area contributed by atoms with Crippen LogP contribution in [-0.4, -0.2) is 30.6 Å². The lowest BCUT2D eigenvalue weighted by atomic mass is 10.2. The molecule has 0 aromatic heterocycles. The number of nitrogens with one attached hydrogen (secondary N) is 1. The highest BCUT2D eigenvalue weighted by Crippen LogP contribution is 2.22. The van der Waals surface area contributed by atoms with Crippen LogP contribution in [0, 0.1) is 6.92 Å². The minimum absolute atomic E-state index is 0.477. The molecule has 7 nitrogen and oxygen atoms in total. The van der Waals surface area contributed by atoms with E-state index in [4.69, 9.17) is 26.8 Å². The summed E-state index contributed by atoms with van der Waals surface area (Å²) in [6.07, 6.45) is -0.925. The summed E-state index contributed by atoms with van der Waals surface area (Å²) in [6.45, 7) is 2.64. The van der Waals surface area contributed by atoms with Crippen LogP contribution in [0.15, 0.2) is 18.2 Å². The van der Waals surface area contributed by atoms with E-state index in [1.807, 2.05) is 0 Å². The second-order valence-corrected chi connectivity index (χ2v) is 4.63. The van der Waals surface area contributed by atoms with Crippen molar-refractivity contribution in [3.05, 3.63) is 28.8 Å². The van der Waals surface area contributed by atoms with Crippen molar-refractivity contribution < 1.29 is 23.9 Å². The number of primary amides is 1. The van der Waals surface area contributed by atoms with Crippen LogP contribution >= 0.6 is 11.6 Å². The lowest BCUT2D eigenvalue weighted by Gasteiger charge is -2.15. The van der Waals surface area contributed by atoms with Gasteiger partial charge in [-0.25, -0.2) is 9.59 Å². The number of halogens is 1. The molecule has 0 aliphatic carbocycles. The van der Waals surface area contributed by atoms with Crippen molar-refractivity contribution >= 4 is 29.5 Å². The van der Waals surface area contributed by atoms with Crippen LogP contribution in [0.25, 0.3) is 0 Å². The van der Waals surface area contributed by atoms with E-state index in [1.54, 1.807) is 30.4 Å². The standard InChI is InChI=1S/C13H15ClN2O5/c1-7-5-9(14)3-4-10(7)21-8(2)12(18)20-6-11(17)16-13(15)19/h3-5,8H,6H2,1-2H3,(H3,15,16,17,19). The number of rotatable bonds is 5. The minimum atomic E-state index is -1.02. The average Bonchev–Trinajstić information content (AvgIpc) is 2.38. The van der Waals surface area contributed by atoms with Gasteiger partial charge in [0.2, 0.25) is 0 Å². The molecule has 0 spiro atoms. The fourth-order valence-electron chi connectivity index (χ4n) is 1.41. The van der Waals surface area contributed by atoms with Crippen molar-refractivity contribution in [2.75, 3.05) is 6.61 Å². The summed E-state index contributed by atoms with van der Waals surface area (Å²) >= 11 is 5.81. The number of hydrogen-bond donors (Lipinski definition) is 2. The van der Waals surface area contributed by atoms with E-state index in [0.29, 0.717) is 10.8 Å². The van der Waals surface area contributed by atoms with Gasteiger partial charge in [-0.1, -0.05) is 11.6 Å². The van der Waals surface area contributed by atoms with Gasteiger partial charge in [0, 0.05) is 5.02 Å². The second kappa shape index (κ2) is 7.49. The molecule has 114 valence electrons. The highest BCUT2D eigenvalue weighted by Gasteiger charge is 2.19. The number of ether oxygens (including phenoxy) is 2. The molecule has 1 unspecified atom stereocenters. The number of aryl methyl sites for hydroxylation is 1. The second-order valence-electron chi connectivity index (χ2n) is 4.19. The van der Waals surface area contributed by atoms with Crippen molar-refractivity contribution in [2.45, 2.75) is 20.0 Å². The molecule has 1 rings (SSSR count). The zero-order valence-electron chi connectivity index (χ0n) is 11.5. The molecule has 1 aromatic carbocycles. The fraction of sp³-hybridized carbons (Fsp3) is 0.308. The molecule has 0 aliphatic heterocycles. The Morgan fingerprint density at radius 2 is 2.05 bits per heavy atom. The quantitative estimate of drug-likeness (QED) is 0.793. The molecule has 0 aliphatic rings. The maximum atomic E-state index is 11.6. The first-order valence-corrected chi connectivity index (χ1v) is 6.36. The van der Waals surface area contributed by atoms with Crippen LogP contribution in [0.5, 0.6) is 5.75 Å². The number of urea groups is 1. The third-order valence-electron chi connectivity index (χ3n) is 2.38. The van der Waals surface area contributed by atoms with E-state index in [9.17, 15) is 14.4 Å². The van der Waals surface area contributed by atoms with Crippen LogP contribution in [0.3, 0.4) is 0 Å². The number of imide groups is 1. The van der Waals surface area contributed by atoms with Gasteiger partial charge in [-0.15, -0.1) is 0 Å². The summed E-state index contributed by atoms with van der Waals surface area (Å²) < 4.78 is 10.1. The monoisotopic (exact) mass is 314 g/mol. The van der Waals surface area contributed by atoms with Crippen molar-refractivity contribution in [1.82, 2.24) is 5.32 Å². The van der Waals surface area contributed by atoms with Crippen LogP contribution in [0.1, 0.15) is 12.5 Å². The van der Waals surface area contributed by atoms with Crippen molar-refractivity contribution in [2.24, 2.45) is 5.73 Å². The van der Waals surface area contributed by atoms with Crippen LogP contribution in [-0.2, 0) is 14.3 Å². The zero-order chi connectivity index (χ0) is 16.0. The highest BCUT2D eigenvalue weighted by atomic mass is 35.5. The number of amides is 3. The number of nitrogens with two attached hydrogens (primary N) is 1. The topological polar surface area (TPSA) is 108 Å². The summed E-state index contributed by atoms with van der Waals surface area (Å²) in [5.74, 6) is -1.08. The van der Waals surface area contributed by atoms with Gasteiger partial charge in [-0.3, -0.25) is 10.1 Å². The van der Waals surface area contributed by atoms with Gasteiger partial charge in [0.05, 0.1) is 0 Å². The predicted molar refractivity (Wildman–Crippen MR) is 75.0 cm³/mol. The van der Waals surface area contributed by atoms with Gasteiger partial charge < -0.3 is 15.2 Å². The van der Waals surface area contributed by atoms with Gasteiger partial charge in [0.15, 0.2) is 12.7 Å². The third-order valence-corrected chi connectivity index (χ3v) is 2.62. The first kappa shape index (κ1) is 16.8. The molecular formula is C13H15ClN2O5. The number of benzene rings is 1. The van der Waals surface area contributed by atoms with Crippen LogP contribution < -0.4 is 15.8 Å². The third kappa shape index (κ3) is 5.70. The Hall–Kier alpha value is -2.28. The first-order chi connectivity index (χ1) is 9.79. The molecule has 1 atom stereocenters. The molecule has 0 saturated heterocycles. The van der Waals surface area contributed by atoms with Crippen molar-refractivity contribution in [1.29, 1.82) is 0 Å². The fourth-order valence-corrected chi connectivity index (χ4v) is 1.64. The minimum Gasteiger partial charge on any atom is -0.479 e. The molecule has 3 amide bonds. The molecule has 0 saturated carbocycles. The van der Waals surface area contributed by atoms with Crippen LogP contribution in [0.2, 0.25) is 5.02 Å². The smallest absolute Gasteiger partial charge is 0.347 e. The molecule has 0 bridgehead atoms. The molecule has 0 heterocycles. The molecule has 3 N–H and O–H groups in total. The van der Waals surface area contributed by atoms with E-state index in [2.05, 4.69) is 0 Å². The zero-order valence-corrected chi connectivity index (χ0v) is 12.3. The molecule has 0 fully saturated rings. The Balaban J connectivity index is 2.51. The summed E-state index contributed by atoms with van der Waals surface area (Å²) in [7, 11) is 0. The molecule has 21 heavy (non-hydrogen) atoms. The molecule has 8 heteroatoms. The van der Waals surface area contributed by atoms with E-state index >= 15 is 0 Å². The summed E-state index contributed by atoms with van der Waals surface area (Å²) in [6, 6.07) is 3.93. The van der Waals surface area contributed by atoms with Gasteiger partial charge in [-0.2, -0.15) is 0 Å². The van der Waals surface area contributed by atoms with Crippen LogP contribution in [0.4, 0.5) is 4.79 Å².